The summed E-state index contributed by atoms with van der Waals surface area (Å²) >= 11 is 0. The Balaban J connectivity index is 1.37. The van der Waals surface area contributed by atoms with Crippen molar-refractivity contribution in [2.24, 2.45) is 17.8 Å². The van der Waals surface area contributed by atoms with Crippen LogP contribution in [0.2, 0.25) is 0 Å². The number of hydrogen-bond donors (Lipinski definition) is 3. The van der Waals surface area contributed by atoms with E-state index < -0.39 is 12.1 Å². The molecule has 178 valence electrons. The molecule has 5 rings (SSSR count). The zero-order valence-corrected chi connectivity index (χ0v) is 19.2. The Labute approximate surface area is 197 Å². The Hall–Kier alpha value is -3.54. The number of nitrogens with one attached hydrogen (secondary N) is 3. The van der Waals surface area contributed by atoms with Crippen LogP contribution in [0.15, 0.2) is 24.3 Å². The molecule has 3 amide bonds. The van der Waals surface area contributed by atoms with Crippen LogP contribution in [0.1, 0.15) is 42.6 Å². The Morgan fingerprint density at radius 1 is 1.32 bits per heavy atom. The summed E-state index contributed by atoms with van der Waals surface area (Å²) < 4.78 is 5.42. The van der Waals surface area contributed by atoms with Gasteiger partial charge in [-0.25, -0.2) is 0 Å². The van der Waals surface area contributed by atoms with Crippen LogP contribution in [0, 0.1) is 29.1 Å². The predicted octanol–water partition coefficient (Wildman–Crippen LogP) is 1.95. The van der Waals surface area contributed by atoms with Gasteiger partial charge in [-0.15, -0.1) is 0 Å². The molecule has 1 aromatic heterocycles. The van der Waals surface area contributed by atoms with E-state index in [2.05, 4.69) is 21.7 Å². The third-order valence-electron chi connectivity index (χ3n) is 7.65. The number of benzene rings is 1. The Kier molecular flexibility index (Phi) is 5.90. The Bertz CT molecular complexity index is 1170. The van der Waals surface area contributed by atoms with Crippen molar-refractivity contribution in [3.8, 4) is 11.8 Å². The highest BCUT2D eigenvalue weighted by Crippen LogP contribution is 2.43. The van der Waals surface area contributed by atoms with Crippen LogP contribution in [0.5, 0.6) is 5.75 Å². The molecule has 1 aromatic carbocycles. The summed E-state index contributed by atoms with van der Waals surface area (Å²) in [5.41, 5.74) is 1.21. The van der Waals surface area contributed by atoms with E-state index in [1.54, 1.807) is 18.1 Å². The second kappa shape index (κ2) is 9.01. The van der Waals surface area contributed by atoms with Crippen molar-refractivity contribution in [3.05, 3.63) is 30.0 Å². The normalized spacial score (nSPS) is 26.7. The van der Waals surface area contributed by atoms with Gasteiger partial charge in [0.25, 0.3) is 5.91 Å². The fourth-order valence-electron chi connectivity index (χ4n) is 5.98. The number of carbonyl (C=O) groups excluding carboxylic acids is 3. The average Bonchev–Trinajstić information content (AvgIpc) is 3.61. The summed E-state index contributed by atoms with van der Waals surface area (Å²) in [7, 11) is 1.59. The fraction of sp³-hybridized carbons (Fsp3) is 0.520. The SMILES string of the molecule is COc1cccc2[nH]c(C(=O)N3C[C@H]4CCC[C@H]4[C@H]3C(=O)N[C@H](C#N)C[C@@H]3CCNC3=O)cc12. The topological polar surface area (TPSA) is 127 Å². The quantitative estimate of drug-likeness (QED) is 0.603. The molecule has 2 saturated heterocycles. The van der Waals surface area contributed by atoms with Gasteiger partial charge in [-0.3, -0.25) is 14.4 Å². The predicted molar refractivity (Wildman–Crippen MR) is 124 cm³/mol. The third kappa shape index (κ3) is 3.87. The number of amides is 3. The lowest BCUT2D eigenvalue weighted by Crippen LogP contribution is -2.51. The van der Waals surface area contributed by atoms with Crippen molar-refractivity contribution in [3.63, 3.8) is 0 Å². The maximum absolute atomic E-state index is 13.6. The molecule has 3 aliphatic rings. The number of ether oxygens (including phenoxy) is 1. The summed E-state index contributed by atoms with van der Waals surface area (Å²) in [6, 6.07) is 8.10. The molecule has 2 aromatic rings. The van der Waals surface area contributed by atoms with Gasteiger partial charge in [0.2, 0.25) is 11.8 Å². The van der Waals surface area contributed by atoms with Crippen LogP contribution in [-0.4, -0.2) is 59.9 Å². The van der Waals surface area contributed by atoms with E-state index in [9.17, 15) is 19.6 Å². The second-order valence-corrected chi connectivity index (χ2v) is 9.56. The molecule has 2 aliphatic heterocycles. The molecule has 1 aliphatic carbocycles. The van der Waals surface area contributed by atoms with Crippen LogP contribution >= 0.6 is 0 Å². The first-order chi connectivity index (χ1) is 16.5. The van der Waals surface area contributed by atoms with Gasteiger partial charge in [0, 0.05) is 29.9 Å². The van der Waals surface area contributed by atoms with Crippen molar-refractivity contribution in [1.29, 1.82) is 5.26 Å². The Morgan fingerprint density at radius 2 is 2.18 bits per heavy atom. The van der Waals surface area contributed by atoms with Crippen LogP contribution < -0.4 is 15.4 Å². The highest BCUT2D eigenvalue weighted by Gasteiger charge is 2.50. The first kappa shape index (κ1) is 22.3. The maximum Gasteiger partial charge on any atom is 0.271 e. The highest BCUT2D eigenvalue weighted by atomic mass is 16.5. The van der Waals surface area contributed by atoms with E-state index in [0.717, 1.165) is 30.2 Å². The Morgan fingerprint density at radius 3 is 2.91 bits per heavy atom. The molecule has 5 atom stereocenters. The van der Waals surface area contributed by atoms with Gasteiger partial charge in [0.1, 0.15) is 23.5 Å². The van der Waals surface area contributed by atoms with Gasteiger partial charge in [-0.05, 0) is 55.7 Å². The number of methoxy groups -OCH3 is 1. The molecular weight excluding hydrogens is 434 g/mol. The zero-order chi connectivity index (χ0) is 23.8. The maximum atomic E-state index is 13.6. The number of hydrogen-bond acceptors (Lipinski definition) is 5. The van der Waals surface area contributed by atoms with Crippen LogP contribution in [0.3, 0.4) is 0 Å². The number of aromatic nitrogens is 1. The molecule has 3 fully saturated rings. The van der Waals surface area contributed by atoms with Crippen LogP contribution in [0.4, 0.5) is 0 Å². The summed E-state index contributed by atoms with van der Waals surface area (Å²) in [5.74, 6) is 0.159. The van der Waals surface area contributed by atoms with Crippen molar-refractivity contribution in [2.75, 3.05) is 20.2 Å². The number of rotatable bonds is 6. The molecule has 3 N–H and O–H groups in total. The van der Waals surface area contributed by atoms with E-state index in [-0.39, 0.29) is 41.9 Å². The molecule has 0 radical (unpaired) electrons. The first-order valence-electron chi connectivity index (χ1n) is 11.9. The summed E-state index contributed by atoms with van der Waals surface area (Å²) in [6.45, 7) is 1.12. The number of nitriles is 1. The van der Waals surface area contributed by atoms with E-state index in [4.69, 9.17) is 4.74 Å². The van der Waals surface area contributed by atoms with Gasteiger partial charge in [0.15, 0.2) is 0 Å². The summed E-state index contributed by atoms with van der Waals surface area (Å²) in [6.07, 6.45) is 3.85. The molecule has 1 saturated carbocycles. The number of fused-ring (bicyclic) bond motifs is 2. The van der Waals surface area contributed by atoms with Gasteiger partial charge < -0.3 is 25.3 Å². The van der Waals surface area contributed by atoms with Gasteiger partial charge in [-0.1, -0.05) is 12.5 Å². The standard InChI is InChI=1S/C25H29N5O4/c1-34-21-7-3-6-19-18(21)11-20(29-19)25(33)30-13-15-4-2-5-17(15)22(30)24(32)28-16(12-26)10-14-8-9-27-23(14)31/h3,6-7,11,14-17,22,29H,2,4-5,8-10,13H2,1H3,(H,27,31)(H,28,32)/t14-,15+,16-,17+,22-/m0/s1. The first-order valence-corrected chi connectivity index (χ1v) is 11.9. The molecule has 9 heteroatoms. The van der Waals surface area contributed by atoms with E-state index in [0.29, 0.717) is 31.0 Å². The molecule has 0 bridgehead atoms. The number of carbonyl (C=O) groups is 3. The monoisotopic (exact) mass is 463 g/mol. The summed E-state index contributed by atoms with van der Waals surface area (Å²) in [4.78, 5) is 43.8. The summed E-state index contributed by atoms with van der Waals surface area (Å²) in [5, 5.41) is 16.1. The third-order valence-corrected chi connectivity index (χ3v) is 7.65. The van der Waals surface area contributed by atoms with Crippen LogP contribution in [-0.2, 0) is 9.59 Å². The minimum absolute atomic E-state index is 0.0720. The smallest absolute Gasteiger partial charge is 0.271 e. The van der Waals surface area contributed by atoms with Crippen LogP contribution in [0.25, 0.3) is 10.9 Å². The number of H-pyrrole nitrogens is 1. The van der Waals surface area contributed by atoms with Crippen molar-refractivity contribution >= 4 is 28.6 Å². The van der Waals surface area contributed by atoms with E-state index >= 15 is 0 Å². The zero-order valence-electron chi connectivity index (χ0n) is 19.2. The molecular formula is C25H29N5O4. The van der Waals surface area contributed by atoms with Crippen molar-refractivity contribution in [1.82, 2.24) is 20.5 Å². The minimum Gasteiger partial charge on any atom is -0.496 e. The number of nitrogens with zero attached hydrogens (tertiary/aromatic N) is 2. The lowest BCUT2D eigenvalue weighted by atomic mass is 9.92. The average molecular weight is 464 g/mol. The lowest BCUT2D eigenvalue weighted by Gasteiger charge is -2.28. The number of likely N-dealkylation sites (tertiary alicyclic amines) is 1. The fourth-order valence-corrected chi connectivity index (χ4v) is 5.98. The van der Waals surface area contributed by atoms with Gasteiger partial charge in [-0.2, -0.15) is 5.26 Å². The van der Waals surface area contributed by atoms with Gasteiger partial charge in [0.05, 0.1) is 13.2 Å². The molecule has 0 unspecified atom stereocenters. The second-order valence-electron chi connectivity index (χ2n) is 9.56. The van der Waals surface area contributed by atoms with Gasteiger partial charge >= 0.3 is 0 Å². The van der Waals surface area contributed by atoms with Crippen molar-refractivity contribution < 1.29 is 19.1 Å². The molecule has 34 heavy (non-hydrogen) atoms. The molecule has 3 heterocycles. The molecule has 0 spiro atoms. The van der Waals surface area contributed by atoms with Crippen molar-refractivity contribution in [2.45, 2.75) is 44.2 Å². The minimum atomic E-state index is -0.768. The molecule has 9 nitrogen and oxygen atoms in total. The number of aromatic amines is 1. The lowest BCUT2D eigenvalue weighted by molar-refractivity contribution is -0.127. The van der Waals surface area contributed by atoms with E-state index in [1.165, 1.54) is 0 Å². The van der Waals surface area contributed by atoms with E-state index in [1.807, 2.05) is 18.2 Å². The highest BCUT2D eigenvalue weighted by molar-refractivity contribution is 6.02. The largest absolute Gasteiger partial charge is 0.496 e.